The molecule has 0 unspecified atom stereocenters. The molecule has 5 nitrogen and oxygen atoms in total. The highest BCUT2D eigenvalue weighted by Crippen LogP contribution is 2.40. The van der Waals surface area contributed by atoms with Crippen molar-refractivity contribution in [3.05, 3.63) is 71.8 Å². The van der Waals surface area contributed by atoms with E-state index in [0.29, 0.717) is 11.1 Å². The number of hydrogen-bond acceptors (Lipinski definition) is 3. The molecule has 0 spiro atoms. The molecule has 1 saturated heterocycles. The van der Waals surface area contributed by atoms with E-state index in [9.17, 15) is 14.7 Å². The van der Waals surface area contributed by atoms with Crippen LogP contribution in [-0.4, -0.2) is 46.0 Å². The third-order valence-corrected chi connectivity index (χ3v) is 5.73. The summed E-state index contributed by atoms with van der Waals surface area (Å²) in [6.07, 6.45) is -1.41. The number of amides is 2. The molecule has 1 aliphatic rings. The zero-order chi connectivity index (χ0) is 21.3. The van der Waals surface area contributed by atoms with Gasteiger partial charge in [-0.2, -0.15) is 0 Å². The van der Waals surface area contributed by atoms with E-state index in [1.54, 1.807) is 29.0 Å². The minimum atomic E-state index is -0.992. The first kappa shape index (κ1) is 21.1. The van der Waals surface area contributed by atoms with Gasteiger partial charge < -0.3 is 14.9 Å². The van der Waals surface area contributed by atoms with Crippen LogP contribution in [0.25, 0.3) is 0 Å². The second-order valence-electron chi connectivity index (χ2n) is 8.89. The zero-order valence-electron chi connectivity index (χ0n) is 17.7. The fourth-order valence-electron chi connectivity index (χ4n) is 4.42. The summed E-state index contributed by atoms with van der Waals surface area (Å²) in [6, 6.07) is 17.8. The van der Waals surface area contributed by atoms with E-state index in [-0.39, 0.29) is 17.2 Å². The Labute approximate surface area is 172 Å². The number of rotatable bonds is 3. The predicted octanol–water partition coefficient (Wildman–Crippen LogP) is 3.71. The molecule has 0 radical (unpaired) electrons. The van der Waals surface area contributed by atoms with E-state index in [4.69, 9.17) is 0 Å². The lowest BCUT2D eigenvalue weighted by Gasteiger charge is -2.54. The quantitative estimate of drug-likeness (QED) is 0.863. The highest BCUT2D eigenvalue weighted by atomic mass is 16.3. The van der Waals surface area contributed by atoms with E-state index < -0.39 is 24.2 Å². The fraction of sp³-hybridized carbons (Fsp3) is 0.417. The van der Waals surface area contributed by atoms with Crippen LogP contribution in [0.15, 0.2) is 60.7 Å². The van der Waals surface area contributed by atoms with Gasteiger partial charge in [0.2, 0.25) is 5.91 Å². The molecular weight excluding hydrogens is 364 g/mol. The Morgan fingerprint density at radius 2 is 1.52 bits per heavy atom. The summed E-state index contributed by atoms with van der Waals surface area (Å²) in [5.74, 6) is -1.03. The van der Waals surface area contributed by atoms with Crippen LogP contribution in [0.2, 0.25) is 0 Å². The standard InChI is InChI=1S/C24H30N2O3/c1-16-19(20(27)17-12-8-6-9-13-17)22(29)25(5)23(24(2,3)4)26(16)21(28)18-14-10-7-11-15-18/h6-16,19-20,23,27H,1-5H3/t16-,19+,20+,23+/m1/s1. The molecule has 2 aromatic rings. The molecule has 3 rings (SSSR count). The average Bonchev–Trinajstić information content (AvgIpc) is 2.70. The molecule has 1 aliphatic heterocycles. The molecule has 0 aliphatic carbocycles. The molecule has 0 bridgehead atoms. The molecule has 5 heteroatoms. The van der Waals surface area contributed by atoms with Gasteiger partial charge >= 0.3 is 0 Å². The van der Waals surface area contributed by atoms with Gasteiger partial charge in [0.25, 0.3) is 5.91 Å². The maximum atomic E-state index is 13.5. The maximum absolute atomic E-state index is 13.5. The Kier molecular flexibility index (Phi) is 5.80. The van der Waals surface area contributed by atoms with Crippen molar-refractivity contribution < 1.29 is 14.7 Å². The largest absolute Gasteiger partial charge is 0.387 e. The van der Waals surface area contributed by atoms with E-state index in [0.717, 1.165) is 0 Å². The van der Waals surface area contributed by atoms with Crippen LogP contribution >= 0.6 is 0 Å². The summed E-state index contributed by atoms with van der Waals surface area (Å²) in [7, 11) is 1.72. The van der Waals surface area contributed by atoms with Crippen LogP contribution in [-0.2, 0) is 4.79 Å². The maximum Gasteiger partial charge on any atom is 0.255 e. The first-order valence-electron chi connectivity index (χ1n) is 10.0. The van der Waals surface area contributed by atoms with Crippen LogP contribution in [0.4, 0.5) is 0 Å². The van der Waals surface area contributed by atoms with Crippen molar-refractivity contribution in [3.8, 4) is 0 Å². The molecule has 1 fully saturated rings. The highest BCUT2D eigenvalue weighted by molar-refractivity contribution is 5.96. The van der Waals surface area contributed by atoms with Gasteiger partial charge in [0.15, 0.2) is 0 Å². The molecule has 4 atom stereocenters. The third kappa shape index (κ3) is 3.92. The smallest absolute Gasteiger partial charge is 0.255 e. The predicted molar refractivity (Wildman–Crippen MR) is 113 cm³/mol. The van der Waals surface area contributed by atoms with Crippen molar-refractivity contribution in [3.63, 3.8) is 0 Å². The van der Waals surface area contributed by atoms with Gasteiger partial charge in [-0.25, -0.2) is 0 Å². The van der Waals surface area contributed by atoms with Crippen molar-refractivity contribution in [2.45, 2.75) is 46.0 Å². The van der Waals surface area contributed by atoms with E-state index in [1.807, 2.05) is 76.2 Å². The van der Waals surface area contributed by atoms with Crippen molar-refractivity contribution in [2.24, 2.45) is 11.3 Å². The van der Waals surface area contributed by atoms with Crippen molar-refractivity contribution in [1.29, 1.82) is 0 Å². The normalized spacial score (nSPS) is 23.8. The summed E-state index contributed by atoms with van der Waals surface area (Å²) >= 11 is 0. The lowest BCUT2D eigenvalue weighted by atomic mass is 9.80. The molecular formula is C24H30N2O3. The second-order valence-corrected chi connectivity index (χ2v) is 8.89. The van der Waals surface area contributed by atoms with E-state index in [1.165, 1.54) is 0 Å². The van der Waals surface area contributed by atoms with Crippen molar-refractivity contribution in [2.75, 3.05) is 7.05 Å². The number of carbonyl (C=O) groups excluding carboxylic acids is 2. The van der Waals surface area contributed by atoms with E-state index >= 15 is 0 Å². The van der Waals surface area contributed by atoms with Gasteiger partial charge in [0.05, 0.1) is 12.0 Å². The monoisotopic (exact) mass is 394 g/mol. The number of hydrogen-bond donors (Lipinski definition) is 1. The molecule has 154 valence electrons. The van der Waals surface area contributed by atoms with Crippen LogP contribution in [0.3, 0.4) is 0 Å². The lowest BCUT2D eigenvalue weighted by molar-refractivity contribution is -0.165. The third-order valence-electron chi connectivity index (χ3n) is 5.73. The van der Waals surface area contributed by atoms with Gasteiger partial charge in [0, 0.05) is 24.1 Å². The Balaban J connectivity index is 2.06. The first-order valence-corrected chi connectivity index (χ1v) is 10.0. The Bertz CT molecular complexity index is 861. The molecule has 29 heavy (non-hydrogen) atoms. The molecule has 2 aromatic carbocycles. The van der Waals surface area contributed by atoms with Gasteiger partial charge in [-0.05, 0) is 24.6 Å². The van der Waals surface area contributed by atoms with Gasteiger partial charge in [-0.1, -0.05) is 69.3 Å². The second kappa shape index (κ2) is 7.99. The summed E-state index contributed by atoms with van der Waals surface area (Å²) in [5, 5.41) is 11.1. The summed E-state index contributed by atoms with van der Waals surface area (Å²) < 4.78 is 0. The molecule has 0 saturated carbocycles. The topological polar surface area (TPSA) is 60.9 Å². The molecule has 0 aromatic heterocycles. The lowest BCUT2D eigenvalue weighted by Crippen LogP contribution is -2.68. The molecule has 1 heterocycles. The Morgan fingerprint density at radius 1 is 1.00 bits per heavy atom. The number of carbonyl (C=O) groups is 2. The van der Waals surface area contributed by atoms with Crippen LogP contribution < -0.4 is 0 Å². The molecule has 2 amide bonds. The summed E-state index contributed by atoms with van der Waals surface area (Å²) in [4.78, 5) is 30.3. The first-order chi connectivity index (χ1) is 13.6. The van der Waals surface area contributed by atoms with E-state index in [2.05, 4.69) is 0 Å². The van der Waals surface area contributed by atoms with Gasteiger partial charge in [-0.15, -0.1) is 0 Å². The van der Waals surface area contributed by atoms with Crippen molar-refractivity contribution in [1.82, 2.24) is 9.80 Å². The van der Waals surface area contributed by atoms with Gasteiger partial charge in [-0.3, -0.25) is 9.59 Å². The molecule has 1 N–H and O–H groups in total. The number of nitrogens with zero attached hydrogens (tertiary/aromatic N) is 2. The highest BCUT2D eigenvalue weighted by Gasteiger charge is 2.51. The summed E-state index contributed by atoms with van der Waals surface area (Å²) in [6.45, 7) is 7.93. The number of aliphatic hydroxyl groups excluding tert-OH is 1. The van der Waals surface area contributed by atoms with Crippen molar-refractivity contribution >= 4 is 11.8 Å². The van der Waals surface area contributed by atoms with Crippen LogP contribution in [0.5, 0.6) is 0 Å². The number of aliphatic hydroxyl groups is 1. The SMILES string of the molecule is C[C@@H]1[C@@H]([C@@H](O)c2ccccc2)C(=O)N(C)[C@H](C(C)(C)C)N1C(=O)c1ccccc1. The van der Waals surface area contributed by atoms with Crippen LogP contribution in [0.1, 0.15) is 49.7 Å². The van der Waals surface area contributed by atoms with Crippen LogP contribution in [0, 0.1) is 11.3 Å². The Morgan fingerprint density at radius 3 is 2.03 bits per heavy atom. The van der Waals surface area contributed by atoms with Gasteiger partial charge in [0.1, 0.15) is 6.17 Å². The summed E-state index contributed by atoms with van der Waals surface area (Å²) in [5.41, 5.74) is 0.892. The average molecular weight is 395 g/mol. The fourth-order valence-corrected chi connectivity index (χ4v) is 4.42. The Hall–Kier alpha value is -2.66. The zero-order valence-corrected chi connectivity index (χ0v) is 17.7. The number of benzene rings is 2. The minimum Gasteiger partial charge on any atom is -0.387 e. The minimum absolute atomic E-state index is 0.136.